The number of carbonyl (C=O) groups is 3. The van der Waals surface area contributed by atoms with E-state index < -0.39 is 0 Å². The number of rotatable bonds is 3. The van der Waals surface area contributed by atoms with Crippen LogP contribution in [0.2, 0.25) is 0 Å². The molecule has 0 bridgehead atoms. The Morgan fingerprint density at radius 1 is 0.577 bits per heavy atom. The average Bonchev–Trinajstić information content (AvgIpc) is 2.74. The van der Waals surface area contributed by atoms with Gasteiger partial charge < -0.3 is 5.32 Å². The number of ketones is 2. The van der Waals surface area contributed by atoms with Crippen LogP contribution in [0.4, 0.5) is 0 Å². The lowest BCUT2D eigenvalue weighted by molar-refractivity contribution is 0.0963. The van der Waals surface area contributed by atoms with E-state index in [2.05, 4.69) is 5.32 Å². The Bertz CT molecular complexity index is 434. The van der Waals surface area contributed by atoms with Crippen molar-refractivity contribution in [2.75, 3.05) is 7.05 Å². The van der Waals surface area contributed by atoms with Crippen LogP contribution in [0.15, 0.2) is 18.2 Å². The number of carbonyl (C=O) groups excluding carboxylic acids is 3. The van der Waals surface area contributed by atoms with Crippen LogP contribution >= 0.6 is 0 Å². The molecule has 0 atom stereocenters. The monoisotopic (exact) mass is 369 g/mol. The first-order valence-electron chi connectivity index (χ1n) is 9.84. The molecule has 0 aliphatic heterocycles. The number of amides is 1. The Kier molecular flexibility index (Phi) is 37.7. The van der Waals surface area contributed by atoms with Crippen molar-refractivity contribution in [2.24, 2.45) is 0 Å². The van der Waals surface area contributed by atoms with E-state index in [0.717, 1.165) is 0 Å². The fourth-order valence-corrected chi connectivity index (χ4v) is 1.31. The van der Waals surface area contributed by atoms with Gasteiger partial charge in [0.25, 0.3) is 5.91 Å². The first-order valence-corrected chi connectivity index (χ1v) is 9.84. The van der Waals surface area contributed by atoms with Crippen LogP contribution in [-0.2, 0) is 0 Å². The van der Waals surface area contributed by atoms with Crippen LogP contribution < -0.4 is 5.32 Å². The minimum Gasteiger partial charge on any atom is -0.355 e. The number of Topliss-reactive ketones (excluding diaryl/α,β-unsaturated/α-hetero) is 2. The SMILES string of the molecule is CC.CC.CC.CC.CC.CNC(=O)c1cc(C(C)=O)cc(C(C)=O)c1. The highest BCUT2D eigenvalue weighted by Crippen LogP contribution is 2.12. The second kappa shape index (κ2) is 27.9. The molecule has 0 saturated heterocycles. The first-order chi connectivity index (χ1) is 12.5. The maximum Gasteiger partial charge on any atom is 0.251 e. The molecule has 0 unspecified atom stereocenters. The Hall–Kier alpha value is -1.97. The first kappa shape index (κ1) is 35.2. The molecule has 1 aromatic carbocycles. The maximum atomic E-state index is 11.4. The smallest absolute Gasteiger partial charge is 0.251 e. The van der Waals surface area contributed by atoms with Gasteiger partial charge in [0.1, 0.15) is 0 Å². The Balaban J connectivity index is -0.000000127. The van der Waals surface area contributed by atoms with Gasteiger partial charge in [0.2, 0.25) is 0 Å². The summed E-state index contributed by atoms with van der Waals surface area (Å²) in [7, 11) is 1.50. The minimum absolute atomic E-state index is 0.173. The van der Waals surface area contributed by atoms with E-state index in [9.17, 15) is 14.4 Å². The molecular weight excluding hydrogens is 326 g/mol. The number of nitrogens with one attached hydrogen (secondary N) is 1. The molecular formula is C22H43NO3. The molecule has 0 radical (unpaired) electrons. The van der Waals surface area contributed by atoms with Gasteiger partial charge in [-0.15, -0.1) is 0 Å². The summed E-state index contributed by atoms with van der Waals surface area (Å²) in [6.07, 6.45) is 0. The van der Waals surface area contributed by atoms with Crippen LogP contribution in [-0.4, -0.2) is 24.5 Å². The van der Waals surface area contributed by atoms with E-state index >= 15 is 0 Å². The lowest BCUT2D eigenvalue weighted by Crippen LogP contribution is -2.18. The van der Waals surface area contributed by atoms with Crippen molar-refractivity contribution >= 4 is 17.5 Å². The van der Waals surface area contributed by atoms with Crippen LogP contribution in [0.1, 0.15) is 114 Å². The van der Waals surface area contributed by atoms with Gasteiger partial charge in [0.15, 0.2) is 11.6 Å². The van der Waals surface area contributed by atoms with E-state index in [1.54, 1.807) is 0 Å². The molecule has 0 spiro atoms. The molecule has 0 saturated carbocycles. The van der Waals surface area contributed by atoms with Gasteiger partial charge in [0.05, 0.1) is 0 Å². The molecule has 1 aromatic rings. The number of benzene rings is 1. The summed E-state index contributed by atoms with van der Waals surface area (Å²) in [6, 6.07) is 4.46. The zero-order valence-corrected chi connectivity index (χ0v) is 19.5. The normalized spacial score (nSPS) is 7.12. The van der Waals surface area contributed by atoms with Gasteiger partial charge in [-0.25, -0.2) is 0 Å². The van der Waals surface area contributed by atoms with Crippen molar-refractivity contribution in [1.82, 2.24) is 5.32 Å². The predicted molar refractivity (Wildman–Crippen MR) is 117 cm³/mol. The van der Waals surface area contributed by atoms with Crippen molar-refractivity contribution in [3.63, 3.8) is 0 Å². The van der Waals surface area contributed by atoms with Crippen molar-refractivity contribution < 1.29 is 14.4 Å². The molecule has 4 heteroatoms. The summed E-state index contributed by atoms with van der Waals surface area (Å²) in [6.45, 7) is 22.8. The molecule has 154 valence electrons. The zero-order chi connectivity index (χ0) is 22.3. The molecule has 0 fully saturated rings. The molecule has 0 aromatic heterocycles. The predicted octanol–water partition coefficient (Wildman–Crippen LogP) is 6.58. The maximum absolute atomic E-state index is 11.4. The Labute approximate surface area is 162 Å². The van der Waals surface area contributed by atoms with Crippen molar-refractivity contribution in [3.8, 4) is 0 Å². The molecule has 4 nitrogen and oxygen atoms in total. The third-order valence-corrected chi connectivity index (χ3v) is 2.24. The summed E-state index contributed by atoms with van der Waals surface area (Å²) in [5.74, 6) is -0.660. The van der Waals surface area contributed by atoms with Gasteiger partial charge in [-0.05, 0) is 32.0 Å². The van der Waals surface area contributed by atoms with Gasteiger partial charge in [-0.2, -0.15) is 0 Å². The molecule has 26 heavy (non-hydrogen) atoms. The second-order valence-corrected chi connectivity index (χ2v) is 3.49. The summed E-state index contributed by atoms with van der Waals surface area (Å²) >= 11 is 0. The van der Waals surface area contributed by atoms with E-state index in [4.69, 9.17) is 0 Å². The summed E-state index contributed by atoms with van der Waals surface area (Å²) in [5.41, 5.74) is 1.05. The standard InChI is InChI=1S/C12H13NO3.5C2H6/c1-7(14)9-4-10(8(2)15)6-11(5-9)12(16)13-3;5*1-2/h4-6H,1-3H3,(H,13,16);5*1-2H3. The Morgan fingerprint density at radius 3 is 1.00 bits per heavy atom. The average molecular weight is 370 g/mol. The molecule has 0 aliphatic carbocycles. The van der Waals surface area contributed by atoms with E-state index in [1.807, 2.05) is 69.2 Å². The summed E-state index contributed by atoms with van der Waals surface area (Å²) < 4.78 is 0. The van der Waals surface area contributed by atoms with Gasteiger partial charge >= 0.3 is 0 Å². The fraction of sp³-hybridized carbons (Fsp3) is 0.591. The van der Waals surface area contributed by atoms with E-state index in [1.165, 1.54) is 39.1 Å². The highest BCUT2D eigenvalue weighted by Gasteiger charge is 2.11. The van der Waals surface area contributed by atoms with Crippen LogP contribution in [0.25, 0.3) is 0 Å². The van der Waals surface area contributed by atoms with Crippen LogP contribution in [0.5, 0.6) is 0 Å². The quantitative estimate of drug-likeness (QED) is 0.612. The molecule has 1 amide bonds. The van der Waals surface area contributed by atoms with Crippen LogP contribution in [0.3, 0.4) is 0 Å². The number of hydrogen-bond acceptors (Lipinski definition) is 3. The molecule has 0 heterocycles. The lowest BCUT2D eigenvalue weighted by atomic mass is 10.0. The second-order valence-electron chi connectivity index (χ2n) is 3.49. The third kappa shape index (κ3) is 16.9. The van der Waals surface area contributed by atoms with E-state index in [-0.39, 0.29) is 17.5 Å². The lowest BCUT2D eigenvalue weighted by Gasteiger charge is -2.05. The highest BCUT2D eigenvalue weighted by atomic mass is 16.1. The van der Waals surface area contributed by atoms with Crippen molar-refractivity contribution in [1.29, 1.82) is 0 Å². The topological polar surface area (TPSA) is 63.2 Å². The third-order valence-electron chi connectivity index (χ3n) is 2.24. The fourth-order valence-electron chi connectivity index (χ4n) is 1.31. The summed E-state index contributed by atoms with van der Waals surface area (Å²) in [5, 5.41) is 2.45. The number of hydrogen-bond donors (Lipinski definition) is 1. The molecule has 1 N–H and O–H groups in total. The Morgan fingerprint density at radius 2 is 0.808 bits per heavy atom. The molecule has 0 aliphatic rings. The van der Waals surface area contributed by atoms with Crippen molar-refractivity contribution in [3.05, 3.63) is 34.9 Å². The van der Waals surface area contributed by atoms with Gasteiger partial charge in [0, 0.05) is 23.7 Å². The zero-order valence-electron chi connectivity index (χ0n) is 19.5. The van der Waals surface area contributed by atoms with Crippen molar-refractivity contribution in [2.45, 2.75) is 83.1 Å². The summed E-state index contributed by atoms with van der Waals surface area (Å²) in [4.78, 5) is 33.9. The van der Waals surface area contributed by atoms with Gasteiger partial charge in [-0.1, -0.05) is 69.2 Å². The van der Waals surface area contributed by atoms with E-state index in [0.29, 0.717) is 16.7 Å². The highest BCUT2D eigenvalue weighted by molar-refractivity contribution is 6.04. The van der Waals surface area contributed by atoms with Crippen LogP contribution in [0, 0.1) is 0 Å². The van der Waals surface area contributed by atoms with Gasteiger partial charge in [-0.3, -0.25) is 14.4 Å². The minimum atomic E-state index is -0.314. The molecule has 1 rings (SSSR count). The largest absolute Gasteiger partial charge is 0.355 e.